The van der Waals surface area contributed by atoms with E-state index >= 15 is 0 Å². The van der Waals surface area contributed by atoms with Gasteiger partial charge in [0.05, 0.1) is 40.3 Å². The van der Waals surface area contributed by atoms with Gasteiger partial charge in [0, 0.05) is 49.5 Å². The molecule has 492 valence electrons. The van der Waals surface area contributed by atoms with Crippen molar-refractivity contribution < 1.29 is 52.3 Å². The van der Waals surface area contributed by atoms with Crippen LogP contribution in [0.25, 0.3) is 0 Å². The summed E-state index contributed by atoms with van der Waals surface area (Å²) in [7, 11) is 1.60. The topological polar surface area (TPSA) is 277 Å². The van der Waals surface area contributed by atoms with Crippen molar-refractivity contribution >= 4 is 88.5 Å². The third-order valence-corrected chi connectivity index (χ3v) is 13.7. The summed E-state index contributed by atoms with van der Waals surface area (Å²) in [5, 5.41) is 11.1. The Balaban J connectivity index is 0.000000543. The van der Waals surface area contributed by atoms with Crippen LogP contribution in [0.3, 0.4) is 0 Å². The molecule has 29 heteroatoms. The Bertz CT molecular complexity index is 3510. The number of halogens is 12. The number of anilines is 8. The molecule has 8 rings (SSSR count). The Morgan fingerprint density at radius 1 is 0.478 bits per heavy atom. The van der Waals surface area contributed by atoms with Crippen LogP contribution < -0.4 is 49.9 Å². The molecule has 8 aromatic rings. The smallest absolute Gasteiger partial charge is 0.232 e. The fourth-order valence-electron chi connectivity index (χ4n) is 6.41. The first kappa shape index (κ1) is 80.1. The second kappa shape index (κ2) is 42.1. The molecule has 0 spiro atoms. The zero-order valence-electron chi connectivity index (χ0n) is 49.6. The predicted molar refractivity (Wildman–Crippen MR) is 351 cm³/mol. The van der Waals surface area contributed by atoms with Crippen LogP contribution in [0.5, 0.6) is 0 Å². The average Bonchev–Trinajstić information content (AvgIpc) is 1.53. The maximum Gasteiger partial charge on any atom is 0.232 e. The van der Waals surface area contributed by atoms with Crippen molar-refractivity contribution in [3.63, 3.8) is 0 Å². The van der Waals surface area contributed by atoms with Crippen LogP contribution in [-0.4, -0.2) is 52.2 Å². The molecular weight excluding hydrogens is 1350 g/mol. The van der Waals surface area contributed by atoms with E-state index in [4.69, 9.17) is 39.4 Å². The number of pyridine rings is 5. The van der Waals surface area contributed by atoms with Crippen LogP contribution in [0.4, 0.5) is 90.1 Å². The molecule has 0 unspecified atom stereocenters. The molecule has 16 nitrogen and oxygen atoms in total. The fourth-order valence-corrected chi connectivity index (χ4v) is 7.77. The van der Waals surface area contributed by atoms with Gasteiger partial charge in [-0.15, -0.1) is 0 Å². The third-order valence-electron chi connectivity index (χ3n) is 11.4. The van der Waals surface area contributed by atoms with Crippen LogP contribution in [0.1, 0.15) is 93.7 Å². The summed E-state index contributed by atoms with van der Waals surface area (Å²) in [4.78, 5) is 17.2. The maximum absolute atomic E-state index is 14.3. The van der Waals surface area contributed by atoms with Gasteiger partial charge in [0.15, 0.2) is 81.4 Å². The van der Waals surface area contributed by atoms with E-state index in [2.05, 4.69) is 77.4 Å². The van der Waals surface area contributed by atoms with Gasteiger partial charge in [-0.3, -0.25) is 0 Å². The first-order valence-corrected chi connectivity index (χ1v) is 30.7. The number of hydrogen-bond acceptors (Lipinski definition) is 16. The van der Waals surface area contributed by atoms with E-state index in [1.165, 1.54) is 33.7 Å². The molecule has 90 heavy (non-hydrogen) atoms. The second-order valence-corrected chi connectivity index (χ2v) is 22.8. The van der Waals surface area contributed by atoms with Gasteiger partial charge in [-0.25, -0.2) is 77.2 Å². The third kappa shape index (κ3) is 30.0. The SMILES string of the molecule is C.CCCCNc1ncc(F)c(N)c1F.CCCCNc1ncc(F)c(NCc2ccc(C)cc2)c1F.CCCS(=O)(=O)Cl.Cc1ccc(CN)cc1.Cc1ccc(CNc2c(F)cnc(N)c2F)cc1.Nc1ncc(F)c(I)c1F.Nc1ncc(F)cc1F. The largest absolute Gasteiger partial charge is 0.394 e. The number of nitrogen functional groups attached to an aromatic ring is 4. The van der Waals surface area contributed by atoms with Crippen LogP contribution in [-0.2, 0) is 28.7 Å². The number of hydrogen-bond donors (Lipinski definition) is 9. The average molecular weight is 1420 g/mol. The number of nitrogens with one attached hydrogen (secondary N) is 4. The van der Waals surface area contributed by atoms with Gasteiger partial charge < -0.3 is 49.9 Å². The van der Waals surface area contributed by atoms with Crippen LogP contribution in [0, 0.1) is 82.5 Å². The molecule has 0 saturated heterocycles. The van der Waals surface area contributed by atoms with Crippen molar-refractivity contribution in [3.8, 4) is 0 Å². The molecule has 14 N–H and O–H groups in total. The molecule has 0 radical (unpaired) electrons. The standard InChI is InChI=1S/C17H21F2N3.C13H13F2N3.C9H13F2N3.C8H11N.C5H3F2IN2.C5H4F2N2.C3H7ClO2S.CH4/c1-3-4-9-20-17-15(19)16(14(18)11-22-17)21-10-13-7-5-12(2)6-8-13;1-8-2-4-9(5-3-8)6-17-12-10(14)7-18-13(16)11(12)15;1-2-3-4-13-9-7(11)8(12)6(10)5-14-9;1-7-2-4-8(6-9)5-3-7;6-2-1-10-5(9)3(7)4(2)8;6-3-1-4(7)5(8)9-2-3;1-2-3-7(4,5)6;/h5-8,11H,3-4,9-10H2,1-2H3,(H2,20,21,22);2-5,7H,6H2,1H3,(H3,16,17,18);5H,2-4H2,1H3,(H3,12,13,14);2-5H,6,9H2,1H3;1H,(H2,9,10);1-2H,(H2,8,9);2-3H2,1H3;1H4. The molecule has 0 atom stereocenters. The summed E-state index contributed by atoms with van der Waals surface area (Å²) >= 11 is 1.52. The highest BCUT2D eigenvalue weighted by molar-refractivity contribution is 14.1. The Hall–Kier alpha value is -7.96. The minimum Gasteiger partial charge on any atom is -0.394 e. The lowest BCUT2D eigenvalue weighted by Gasteiger charge is -2.12. The Labute approximate surface area is 537 Å². The normalized spacial score (nSPS) is 10.2. The summed E-state index contributed by atoms with van der Waals surface area (Å²) in [6, 6.07) is 24.4. The number of nitrogens with zero attached hydrogens (tertiary/aromatic N) is 5. The van der Waals surface area contributed by atoms with Gasteiger partial charge in [-0.2, -0.15) is 0 Å². The molecule has 5 heterocycles. The van der Waals surface area contributed by atoms with Crippen molar-refractivity contribution in [2.45, 2.75) is 101 Å². The minimum atomic E-state index is -3.20. The Morgan fingerprint density at radius 2 is 0.867 bits per heavy atom. The number of unbranched alkanes of at least 4 members (excludes halogenated alkanes) is 2. The quantitative estimate of drug-likeness (QED) is 0.0177. The summed E-state index contributed by atoms with van der Waals surface area (Å²) in [6.45, 7) is 14.4. The van der Waals surface area contributed by atoms with E-state index in [0.29, 0.717) is 45.2 Å². The van der Waals surface area contributed by atoms with Gasteiger partial charge in [0.25, 0.3) is 0 Å². The van der Waals surface area contributed by atoms with Gasteiger partial charge >= 0.3 is 0 Å². The van der Waals surface area contributed by atoms with Crippen LogP contribution in [0.2, 0.25) is 0 Å². The molecule has 0 aliphatic carbocycles. The zero-order valence-corrected chi connectivity index (χ0v) is 53.3. The lowest BCUT2D eigenvalue weighted by Crippen LogP contribution is -2.10. The van der Waals surface area contributed by atoms with E-state index in [1.54, 1.807) is 6.92 Å². The van der Waals surface area contributed by atoms with E-state index in [1.807, 2.05) is 76.2 Å². The van der Waals surface area contributed by atoms with Crippen LogP contribution >= 0.6 is 33.3 Å². The lowest BCUT2D eigenvalue weighted by atomic mass is 10.1. The highest BCUT2D eigenvalue weighted by Gasteiger charge is 2.16. The zero-order chi connectivity index (χ0) is 66.8. The van der Waals surface area contributed by atoms with Crippen LogP contribution in [0.15, 0.2) is 110 Å². The van der Waals surface area contributed by atoms with Gasteiger partial charge in [0.2, 0.25) is 9.05 Å². The minimum absolute atomic E-state index is 0. The van der Waals surface area contributed by atoms with E-state index in [0.717, 1.165) is 78.9 Å². The number of rotatable bonds is 17. The monoisotopic (exact) mass is 1420 g/mol. The van der Waals surface area contributed by atoms with Crippen molar-refractivity contribution in [1.82, 2.24) is 24.9 Å². The van der Waals surface area contributed by atoms with Gasteiger partial charge in [-0.1, -0.05) is 131 Å². The summed E-state index contributed by atoms with van der Waals surface area (Å²) in [5.41, 5.74) is 31.6. The van der Waals surface area contributed by atoms with Crippen molar-refractivity contribution in [2.24, 2.45) is 5.73 Å². The molecular formula is C61H76ClF10IN14O2S. The Morgan fingerprint density at radius 3 is 1.26 bits per heavy atom. The van der Waals surface area contributed by atoms with E-state index in [9.17, 15) is 52.3 Å². The molecule has 0 saturated carbocycles. The maximum atomic E-state index is 14.3. The molecule has 0 amide bonds. The fraction of sp³-hybridized carbons (Fsp3) is 0.295. The van der Waals surface area contributed by atoms with E-state index in [-0.39, 0.29) is 57.2 Å². The van der Waals surface area contributed by atoms with Gasteiger partial charge in [-0.05, 0) is 79.3 Å². The molecule has 0 aliphatic rings. The van der Waals surface area contributed by atoms with Gasteiger partial charge in [0.1, 0.15) is 22.9 Å². The van der Waals surface area contributed by atoms with Crippen molar-refractivity contribution in [3.05, 3.63) is 205 Å². The second-order valence-electron chi connectivity index (χ2n) is 18.8. The molecule has 0 fully saturated rings. The summed E-state index contributed by atoms with van der Waals surface area (Å²) in [5.74, 6) is -8.35. The molecule has 0 bridgehead atoms. The molecule has 3 aromatic carbocycles. The molecule has 5 aromatic heterocycles. The number of aromatic nitrogens is 5. The number of benzene rings is 3. The summed E-state index contributed by atoms with van der Waals surface area (Å²) < 4.78 is 150. The van der Waals surface area contributed by atoms with Crippen molar-refractivity contribution in [2.75, 3.05) is 63.0 Å². The number of nitrogens with two attached hydrogens (primary N) is 5. The highest BCUT2D eigenvalue weighted by atomic mass is 127. The Kier molecular flexibility index (Phi) is 37.5. The molecule has 0 aliphatic heterocycles. The first-order chi connectivity index (χ1) is 42.1. The summed E-state index contributed by atoms with van der Waals surface area (Å²) in [6.07, 6.45) is 8.98. The lowest BCUT2D eigenvalue weighted by molar-refractivity contribution is 0.564. The number of aryl methyl sites for hydroxylation is 3. The highest BCUT2D eigenvalue weighted by Crippen LogP contribution is 2.26. The van der Waals surface area contributed by atoms with E-state index < -0.39 is 72.9 Å². The predicted octanol–water partition coefficient (Wildman–Crippen LogP) is 15.1. The van der Waals surface area contributed by atoms with Crippen molar-refractivity contribution in [1.29, 1.82) is 0 Å². The first-order valence-electron chi connectivity index (χ1n) is 27.2.